The summed E-state index contributed by atoms with van der Waals surface area (Å²) < 4.78 is 0. The molecule has 0 aromatic heterocycles. The van der Waals surface area contributed by atoms with Gasteiger partial charge in [0.2, 0.25) is 0 Å². The maximum absolute atomic E-state index is 6.20. The summed E-state index contributed by atoms with van der Waals surface area (Å²) in [7, 11) is 2.00. The second kappa shape index (κ2) is 6.08. The van der Waals surface area contributed by atoms with Crippen LogP contribution in [0.15, 0.2) is 18.2 Å². The van der Waals surface area contributed by atoms with Crippen LogP contribution in [0.25, 0.3) is 0 Å². The van der Waals surface area contributed by atoms with E-state index in [9.17, 15) is 0 Å². The summed E-state index contributed by atoms with van der Waals surface area (Å²) in [5.41, 5.74) is 1.35. The van der Waals surface area contributed by atoms with E-state index >= 15 is 0 Å². The summed E-state index contributed by atoms with van der Waals surface area (Å²) in [6.45, 7) is 6.75. The van der Waals surface area contributed by atoms with E-state index in [1.807, 2.05) is 25.2 Å². The van der Waals surface area contributed by atoms with Crippen molar-refractivity contribution >= 4 is 23.2 Å². The highest BCUT2D eigenvalue weighted by Crippen LogP contribution is 2.30. The van der Waals surface area contributed by atoms with Crippen LogP contribution in [0.5, 0.6) is 0 Å². The lowest BCUT2D eigenvalue weighted by Gasteiger charge is -2.33. The average Bonchev–Trinajstić information content (AvgIpc) is 2.30. The Hall–Kier alpha value is -0.240. The van der Waals surface area contributed by atoms with Crippen LogP contribution in [0.3, 0.4) is 0 Å². The molecule has 0 fully saturated rings. The van der Waals surface area contributed by atoms with Crippen LogP contribution in [-0.2, 0) is 6.42 Å². The summed E-state index contributed by atoms with van der Waals surface area (Å²) in [6.07, 6.45) is 2.02. The van der Waals surface area contributed by atoms with E-state index in [2.05, 4.69) is 26.1 Å². The Morgan fingerprint density at radius 3 is 2.47 bits per heavy atom. The first kappa shape index (κ1) is 14.8. The third-order valence-electron chi connectivity index (χ3n) is 3.63. The van der Waals surface area contributed by atoms with Gasteiger partial charge >= 0.3 is 0 Å². The smallest absolute Gasteiger partial charge is 0.0439 e. The van der Waals surface area contributed by atoms with Crippen LogP contribution in [-0.4, -0.2) is 13.1 Å². The Morgan fingerprint density at radius 2 is 1.94 bits per heavy atom. The molecule has 0 aliphatic heterocycles. The fraction of sp³-hybridized carbons (Fsp3) is 0.571. The fourth-order valence-corrected chi connectivity index (χ4v) is 2.32. The van der Waals surface area contributed by atoms with Crippen LogP contribution >= 0.6 is 23.2 Å². The van der Waals surface area contributed by atoms with E-state index in [4.69, 9.17) is 23.2 Å². The second-order valence-electron chi connectivity index (χ2n) is 5.12. The third kappa shape index (κ3) is 3.87. The van der Waals surface area contributed by atoms with E-state index in [1.165, 1.54) is 0 Å². The lowest BCUT2D eigenvalue weighted by molar-refractivity contribution is 0.240. The van der Waals surface area contributed by atoms with Gasteiger partial charge in [0, 0.05) is 16.1 Å². The largest absolute Gasteiger partial charge is 0.316 e. The molecule has 0 bridgehead atoms. The molecule has 3 heteroatoms. The SMILES string of the molecule is CCC(C)(C)C(Cc1cc(Cl)ccc1Cl)NC. The van der Waals surface area contributed by atoms with Gasteiger partial charge in [-0.2, -0.15) is 0 Å². The Labute approximate surface area is 115 Å². The van der Waals surface area contributed by atoms with Gasteiger partial charge in [0.15, 0.2) is 0 Å². The maximum atomic E-state index is 6.20. The molecule has 0 radical (unpaired) electrons. The minimum absolute atomic E-state index is 0.237. The highest BCUT2D eigenvalue weighted by atomic mass is 35.5. The Balaban J connectivity index is 2.91. The Bertz CT molecular complexity index is 374. The quantitative estimate of drug-likeness (QED) is 0.830. The summed E-state index contributed by atoms with van der Waals surface area (Å²) >= 11 is 12.2. The summed E-state index contributed by atoms with van der Waals surface area (Å²) in [6, 6.07) is 6.04. The molecule has 0 amide bonds. The van der Waals surface area contributed by atoms with E-state index in [-0.39, 0.29) is 5.41 Å². The lowest BCUT2D eigenvalue weighted by Crippen LogP contribution is -2.41. The normalized spacial score (nSPS) is 13.8. The summed E-state index contributed by atoms with van der Waals surface area (Å²) in [5.74, 6) is 0. The molecule has 0 heterocycles. The molecule has 96 valence electrons. The molecule has 1 rings (SSSR count). The van der Waals surface area contributed by atoms with Gasteiger partial charge in [-0.25, -0.2) is 0 Å². The number of benzene rings is 1. The van der Waals surface area contributed by atoms with Gasteiger partial charge in [0.1, 0.15) is 0 Å². The van der Waals surface area contributed by atoms with Crippen molar-refractivity contribution in [2.75, 3.05) is 7.05 Å². The van der Waals surface area contributed by atoms with E-state index in [0.717, 1.165) is 28.5 Å². The van der Waals surface area contributed by atoms with Crippen molar-refractivity contribution in [1.29, 1.82) is 0 Å². The molecule has 0 saturated heterocycles. The fourth-order valence-electron chi connectivity index (χ4n) is 1.94. The van der Waals surface area contributed by atoms with Gasteiger partial charge in [-0.1, -0.05) is 44.0 Å². The molecule has 1 nitrogen and oxygen atoms in total. The molecule has 0 saturated carbocycles. The second-order valence-corrected chi connectivity index (χ2v) is 5.97. The molecule has 0 aliphatic carbocycles. The molecule has 1 aromatic carbocycles. The monoisotopic (exact) mass is 273 g/mol. The van der Waals surface area contributed by atoms with Crippen molar-refractivity contribution in [1.82, 2.24) is 5.32 Å². The zero-order valence-corrected chi connectivity index (χ0v) is 12.5. The van der Waals surface area contributed by atoms with Gasteiger partial charge in [-0.05, 0) is 49.1 Å². The van der Waals surface area contributed by atoms with Crippen LogP contribution < -0.4 is 5.32 Å². The number of likely N-dealkylation sites (N-methyl/N-ethyl adjacent to an activating group) is 1. The first-order chi connectivity index (χ1) is 7.90. The minimum atomic E-state index is 0.237. The first-order valence-electron chi connectivity index (χ1n) is 6.02. The topological polar surface area (TPSA) is 12.0 Å². The number of hydrogen-bond acceptors (Lipinski definition) is 1. The van der Waals surface area contributed by atoms with Gasteiger partial charge < -0.3 is 5.32 Å². The highest BCUT2D eigenvalue weighted by molar-refractivity contribution is 6.33. The van der Waals surface area contributed by atoms with Crippen molar-refractivity contribution in [3.05, 3.63) is 33.8 Å². The lowest BCUT2D eigenvalue weighted by atomic mass is 9.79. The number of rotatable bonds is 5. The van der Waals surface area contributed by atoms with Crippen molar-refractivity contribution in [2.45, 2.75) is 39.7 Å². The number of halogens is 2. The molecule has 0 aliphatic rings. The summed E-state index contributed by atoms with van der Waals surface area (Å²) in [4.78, 5) is 0. The zero-order chi connectivity index (χ0) is 13.1. The van der Waals surface area contributed by atoms with Gasteiger partial charge in [-0.15, -0.1) is 0 Å². The van der Waals surface area contributed by atoms with Crippen LogP contribution in [0.2, 0.25) is 10.0 Å². The highest BCUT2D eigenvalue weighted by Gasteiger charge is 2.27. The van der Waals surface area contributed by atoms with Crippen LogP contribution in [0.4, 0.5) is 0 Å². The van der Waals surface area contributed by atoms with Crippen molar-refractivity contribution < 1.29 is 0 Å². The predicted octanol–water partition coefficient (Wildman–Crippen LogP) is 4.56. The zero-order valence-electron chi connectivity index (χ0n) is 11.0. The van der Waals surface area contributed by atoms with Gasteiger partial charge in [0.25, 0.3) is 0 Å². The van der Waals surface area contributed by atoms with E-state index in [1.54, 1.807) is 0 Å². The molecule has 1 aromatic rings. The molecule has 17 heavy (non-hydrogen) atoms. The molecule has 1 N–H and O–H groups in total. The van der Waals surface area contributed by atoms with Crippen molar-refractivity contribution in [3.8, 4) is 0 Å². The van der Waals surface area contributed by atoms with Crippen molar-refractivity contribution in [3.63, 3.8) is 0 Å². The van der Waals surface area contributed by atoms with E-state index < -0.39 is 0 Å². The molecular weight excluding hydrogens is 253 g/mol. The first-order valence-corrected chi connectivity index (χ1v) is 6.77. The van der Waals surface area contributed by atoms with Crippen LogP contribution in [0.1, 0.15) is 32.8 Å². The van der Waals surface area contributed by atoms with Gasteiger partial charge in [-0.3, -0.25) is 0 Å². The summed E-state index contributed by atoms with van der Waals surface area (Å²) in [5, 5.41) is 4.92. The minimum Gasteiger partial charge on any atom is -0.316 e. The van der Waals surface area contributed by atoms with Crippen molar-refractivity contribution in [2.24, 2.45) is 5.41 Å². The van der Waals surface area contributed by atoms with Gasteiger partial charge in [0.05, 0.1) is 0 Å². The Kier molecular flexibility index (Phi) is 5.30. The standard InChI is InChI=1S/C14H21Cl2N/c1-5-14(2,3)13(17-4)9-10-8-11(15)6-7-12(10)16/h6-8,13,17H,5,9H2,1-4H3. The number of hydrogen-bond donors (Lipinski definition) is 1. The molecule has 1 unspecified atom stereocenters. The van der Waals surface area contributed by atoms with Crippen LogP contribution in [0, 0.1) is 5.41 Å². The number of nitrogens with one attached hydrogen (secondary N) is 1. The predicted molar refractivity (Wildman–Crippen MR) is 77.1 cm³/mol. The Morgan fingerprint density at radius 1 is 1.29 bits per heavy atom. The average molecular weight is 274 g/mol. The molecule has 0 spiro atoms. The molecular formula is C14H21Cl2N. The maximum Gasteiger partial charge on any atom is 0.0439 e. The van der Waals surface area contributed by atoms with E-state index in [0.29, 0.717) is 6.04 Å². The molecule has 1 atom stereocenters. The third-order valence-corrected chi connectivity index (χ3v) is 4.24.